The Bertz CT molecular complexity index is 903. The van der Waals surface area contributed by atoms with Gasteiger partial charge in [-0.25, -0.2) is 13.4 Å². The Kier molecular flexibility index (Phi) is 10.3. The molecule has 1 aliphatic rings. The highest BCUT2D eigenvalue weighted by molar-refractivity contribution is 14.0. The van der Waals surface area contributed by atoms with E-state index in [0.29, 0.717) is 24.9 Å². The summed E-state index contributed by atoms with van der Waals surface area (Å²) in [7, 11) is -3.13. The van der Waals surface area contributed by atoms with Gasteiger partial charge in [0.1, 0.15) is 0 Å². The van der Waals surface area contributed by atoms with E-state index in [1.54, 1.807) is 0 Å². The predicted octanol–water partition coefficient (Wildman–Crippen LogP) is 3.35. The highest BCUT2D eigenvalue weighted by Crippen LogP contribution is 2.27. The van der Waals surface area contributed by atoms with Crippen LogP contribution in [-0.2, 0) is 15.6 Å². The maximum atomic E-state index is 12.4. The molecule has 2 atom stereocenters. The average molecular weight is 560 g/mol. The zero-order valence-electron chi connectivity index (χ0n) is 18.4. The summed E-state index contributed by atoms with van der Waals surface area (Å²) in [6.45, 7) is 7.44. The fraction of sp³-hybridized carbons (Fsp3) is 0.545. The number of piperidine rings is 1. The number of nitrogens with zero attached hydrogens (tertiary/aromatic N) is 4. The lowest BCUT2D eigenvalue weighted by Crippen LogP contribution is -2.49. The van der Waals surface area contributed by atoms with Gasteiger partial charge >= 0.3 is 0 Å². The van der Waals surface area contributed by atoms with Gasteiger partial charge < -0.3 is 14.8 Å². The average Bonchev–Trinajstić information content (AvgIpc) is 3.26. The standard InChI is InChI=1S/C22H33N5O2S.HI/c1-3-24-22(26-13-10-19(2)21(16-26)27-14-12-23-18-27)25-11-7-15-30(28,29)17-20-8-5-4-6-9-20;/h4-6,8-9,12,14,18-19,21H,3,7,10-11,13,15-17H2,1-2H3,(H,24,25);1H. The fourth-order valence-corrected chi connectivity index (χ4v) is 5.30. The van der Waals surface area contributed by atoms with Crippen LogP contribution in [0.5, 0.6) is 0 Å². The van der Waals surface area contributed by atoms with Gasteiger partial charge in [-0.3, -0.25) is 4.99 Å². The number of hydrogen-bond acceptors (Lipinski definition) is 4. The quantitative estimate of drug-likeness (QED) is 0.232. The second-order valence-electron chi connectivity index (χ2n) is 7.96. The summed E-state index contributed by atoms with van der Waals surface area (Å²) in [5, 5.41) is 3.37. The molecule has 1 aromatic heterocycles. The van der Waals surface area contributed by atoms with Gasteiger partial charge in [-0.2, -0.15) is 0 Å². The van der Waals surface area contributed by atoms with Crippen molar-refractivity contribution >= 4 is 39.8 Å². The van der Waals surface area contributed by atoms with Gasteiger partial charge in [0, 0.05) is 38.6 Å². The molecule has 2 heterocycles. The van der Waals surface area contributed by atoms with Gasteiger partial charge in [-0.1, -0.05) is 37.3 Å². The van der Waals surface area contributed by atoms with Crippen LogP contribution in [0.2, 0.25) is 0 Å². The Morgan fingerprint density at radius 2 is 2.06 bits per heavy atom. The van der Waals surface area contributed by atoms with Crippen molar-refractivity contribution in [1.82, 2.24) is 19.8 Å². The third kappa shape index (κ3) is 7.78. The van der Waals surface area contributed by atoms with E-state index < -0.39 is 9.84 Å². The minimum absolute atomic E-state index is 0. The van der Waals surface area contributed by atoms with Gasteiger partial charge in [0.15, 0.2) is 15.8 Å². The van der Waals surface area contributed by atoms with E-state index in [1.165, 1.54) is 0 Å². The minimum Gasteiger partial charge on any atom is -0.357 e. The summed E-state index contributed by atoms with van der Waals surface area (Å²) in [6, 6.07) is 9.70. The highest BCUT2D eigenvalue weighted by atomic mass is 127. The number of imidazole rings is 1. The number of halogens is 1. The molecule has 0 radical (unpaired) electrons. The van der Waals surface area contributed by atoms with Gasteiger partial charge in [-0.15, -0.1) is 24.0 Å². The topological polar surface area (TPSA) is 79.6 Å². The number of likely N-dealkylation sites (tertiary alicyclic amines) is 1. The lowest BCUT2D eigenvalue weighted by Gasteiger charge is -2.39. The van der Waals surface area contributed by atoms with Crippen molar-refractivity contribution in [3.05, 3.63) is 54.6 Å². The third-order valence-corrected chi connectivity index (χ3v) is 7.25. The molecule has 0 amide bonds. The number of sulfone groups is 1. The van der Waals surface area contributed by atoms with Crippen molar-refractivity contribution in [1.29, 1.82) is 0 Å². The zero-order chi connectivity index (χ0) is 21.4. The van der Waals surface area contributed by atoms with Crippen molar-refractivity contribution in [3.8, 4) is 0 Å². The first kappa shape index (κ1) is 25.6. The Labute approximate surface area is 203 Å². The molecule has 2 unspecified atom stereocenters. The summed E-state index contributed by atoms with van der Waals surface area (Å²) in [5.41, 5.74) is 0.835. The largest absolute Gasteiger partial charge is 0.357 e. The number of benzene rings is 1. The molecule has 1 aliphatic heterocycles. The van der Waals surface area contributed by atoms with E-state index in [-0.39, 0.29) is 35.5 Å². The van der Waals surface area contributed by atoms with Crippen LogP contribution in [0.4, 0.5) is 0 Å². The molecule has 172 valence electrons. The maximum absolute atomic E-state index is 12.4. The first-order valence-corrected chi connectivity index (χ1v) is 12.6. The SMILES string of the molecule is CCNC(=NCCCS(=O)(=O)Cc1ccccc1)N1CCC(C)C(n2ccnc2)C1.I. The molecule has 9 heteroatoms. The van der Waals surface area contributed by atoms with E-state index in [4.69, 9.17) is 4.99 Å². The number of aromatic nitrogens is 2. The molecule has 2 aromatic rings. The molecule has 1 aromatic carbocycles. The van der Waals surface area contributed by atoms with E-state index in [9.17, 15) is 8.42 Å². The highest BCUT2D eigenvalue weighted by Gasteiger charge is 2.28. The van der Waals surface area contributed by atoms with Crippen molar-refractivity contribution in [2.24, 2.45) is 10.9 Å². The molecule has 1 saturated heterocycles. The first-order valence-electron chi connectivity index (χ1n) is 10.7. The van der Waals surface area contributed by atoms with E-state index >= 15 is 0 Å². The molecule has 0 aliphatic carbocycles. The van der Waals surface area contributed by atoms with Crippen molar-refractivity contribution in [2.45, 2.75) is 38.5 Å². The Morgan fingerprint density at radius 3 is 2.74 bits per heavy atom. The van der Waals surface area contributed by atoms with E-state index in [2.05, 4.69) is 33.6 Å². The molecule has 0 spiro atoms. The Balaban J connectivity index is 0.00000341. The van der Waals surface area contributed by atoms with Gasteiger partial charge in [0.05, 0.1) is 23.9 Å². The third-order valence-electron chi connectivity index (χ3n) is 5.57. The van der Waals surface area contributed by atoms with Crippen molar-refractivity contribution in [2.75, 3.05) is 31.9 Å². The number of rotatable bonds is 8. The zero-order valence-corrected chi connectivity index (χ0v) is 21.5. The molecular formula is C22H34IN5O2S. The number of nitrogens with one attached hydrogen (secondary N) is 1. The number of aliphatic imine (C=N–C) groups is 1. The lowest BCUT2D eigenvalue weighted by atomic mass is 9.93. The minimum atomic E-state index is -3.13. The van der Waals surface area contributed by atoms with E-state index in [0.717, 1.165) is 37.6 Å². The van der Waals surface area contributed by atoms with Gasteiger partial charge in [-0.05, 0) is 31.2 Å². The van der Waals surface area contributed by atoms with Crippen LogP contribution in [0, 0.1) is 5.92 Å². The summed E-state index contributed by atoms with van der Waals surface area (Å²) < 4.78 is 27.0. The summed E-state index contributed by atoms with van der Waals surface area (Å²) in [5.74, 6) is 1.68. The summed E-state index contributed by atoms with van der Waals surface area (Å²) in [4.78, 5) is 11.2. The lowest BCUT2D eigenvalue weighted by molar-refractivity contribution is 0.189. The first-order chi connectivity index (χ1) is 14.5. The molecule has 0 bridgehead atoms. The second kappa shape index (κ2) is 12.4. The maximum Gasteiger partial charge on any atom is 0.193 e. The van der Waals surface area contributed by atoms with E-state index in [1.807, 2.05) is 49.1 Å². The molecule has 0 saturated carbocycles. The van der Waals surface area contributed by atoms with Gasteiger partial charge in [0.2, 0.25) is 0 Å². The van der Waals surface area contributed by atoms with Crippen molar-refractivity contribution in [3.63, 3.8) is 0 Å². The van der Waals surface area contributed by atoms with Crippen LogP contribution in [-0.4, -0.2) is 60.8 Å². The van der Waals surface area contributed by atoms with Crippen LogP contribution in [0.25, 0.3) is 0 Å². The van der Waals surface area contributed by atoms with Crippen LogP contribution < -0.4 is 5.32 Å². The van der Waals surface area contributed by atoms with Crippen LogP contribution in [0.15, 0.2) is 54.0 Å². The van der Waals surface area contributed by atoms with Crippen LogP contribution >= 0.6 is 24.0 Å². The van der Waals surface area contributed by atoms with Gasteiger partial charge in [0.25, 0.3) is 0 Å². The monoisotopic (exact) mass is 559 g/mol. The second-order valence-corrected chi connectivity index (χ2v) is 10.1. The smallest absolute Gasteiger partial charge is 0.193 e. The number of guanidine groups is 1. The Morgan fingerprint density at radius 1 is 1.29 bits per heavy atom. The molecule has 1 N–H and O–H groups in total. The number of hydrogen-bond donors (Lipinski definition) is 1. The molecule has 7 nitrogen and oxygen atoms in total. The molecule has 1 fully saturated rings. The molecule has 3 rings (SSSR count). The summed E-state index contributed by atoms with van der Waals surface area (Å²) >= 11 is 0. The molecule has 31 heavy (non-hydrogen) atoms. The predicted molar refractivity (Wildman–Crippen MR) is 137 cm³/mol. The van der Waals surface area contributed by atoms with Crippen LogP contribution in [0.1, 0.15) is 38.3 Å². The van der Waals surface area contributed by atoms with Crippen molar-refractivity contribution < 1.29 is 8.42 Å². The normalized spacial score (nSPS) is 19.7. The fourth-order valence-electron chi connectivity index (χ4n) is 3.89. The molecular weight excluding hydrogens is 525 g/mol. The summed E-state index contributed by atoms with van der Waals surface area (Å²) in [6.07, 6.45) is 7.33. The van der Waals surface area contributed by atoms with Crippen LogP contribution in [0.3, 0.4) is 0 Å². The Hall–Kier alpha value is -1.62.